The zero-order valence-corrected chi connectivity index (χ0v) is 15.3. The Kier molecular flexibility index (Phi) is 5.76. The fourth-order valence-corrected chi connectivity index (χ4v) is 3.26. The number of nitrogens with zero attached hydrogens (tertiary/aromatic N) is 3. The number of amides is 1. The molecule has 7 nitrogen and oxygen atoms in total. The van der Waals surface area contributed by atoms with Crippen molar-refractivity contribution in [2.45, 2.75) is 58.1 Å². The van der Waals surface area contributed by atoms with Crippen LogP contribution in [0.4, 0.5) is 13.2 Å². The minimum absolute atomic E-state index is 0.173. The molecule has 10 heteroatoms. The molecule has 1 atom stereocenters. The van der Waals surface area contributed by atoms with E-state index in [4.69, 9.17) is 0 Å². The number of halogens is 3. The summed E-state index contributed by atoms with van der Waals surface area (Å²) in [6.07, 6.45) is -2.56. The molecule has 0 radical (unpaired) electrons. The summed E-state index contributed by atoms with van der Waals surface area (Å²) in [5.41, 5.74) is -0.361. The summed E-state index contributed by atoms with van der Waals surface area (Å²) in [6.45, 7) is 2.90. The van der Waals surface area contributed by atoms with Gasteiger partial charge in [0.15, 0.2) is 0 Å². The van der Waals surface area contributed by atoms with Crippen molar-refractivity contribution in [3.8, 4) is 5.75 Å². The summed E-state index contributed by atoms with van der Waals surface area (Å²) >= 11 is 0. The molecule has 0 bridgehead atoms. The Hall–Kier alpha value is -2.78. The van der Waals surface area contributed by atoms with Gasteiger partial charge in [0.1, 0.15) is 11.6 Å². The van der Waals surface area contributed by atoms with E-state index in [-0.39, 0.29) is 17.3 Å². The predicted octanol–water partition coefficient (Wildman–Crippen LogP) is 2.49. The standard InChI is InChI=1S/C18H21F3N4O3/c1-2-10-25-17(27)24-11-9-12(7-8-15(24)23-25)22-16(26)13-5-3-4-6-14(13)28-18(19,20)21/h3-6,12H,2,7-11H2,1H3,(H,22,26). The van der Waals surface area contributed by atoms with E-state index in [1.807, 2.05) is 6.92 Å². The maximum atomic E-state index is 12.5. The Bertz CT molecular complexity index is 904. The lowest BCUT2D eigenvalue weighted by molar-refractivity contribution is -0.274. The van der Waals surface area contributed by atoms with Crippen LogP contribution >= 0.6 is 0 Å². The number of para-hydroxylation sites is 1. The number of carbonyl (C=O) groups is 1. The first-order valence-corrected chi connectivity index (χ1v) is 9.10. The highest BCUT2D eigenvalue weighted by molar-refractivity contribution is 5.97. The van der Waals surface area contributed by atoms with Gasteiger partial charge in [-0.3, -0.25) is 9.36 Å². The zero-order valence-electron chi connectivity index (χ0n) is 15.3. The summed E-state index contributed by atoms with van der Waals surface area (Å²) in [6, 6.07) is 4.93. The third-order valence-corrected chi connectivity index (χ3v) is 4.54. The van der Waals surface area contributed by atoms with Crippen LogP contribution < -0.4 is 15.7 Å². The second-order valence-corrected chi connectivity index (χ2v) is 6.62. The second kappa shape index (κ2) is 8.07. The maximum Gasteiger partial charge on any atom is 0.573 e. The van der Waals surface area contributed by atoms with Gasteiger partial charge in [0, 0.05) is 25.6 Å². The largest absolute Gasteiger partial charge is 0.573 e. The quantitative estimate of drug-likeness (QED) is 0.840. The van der Waals surface area contributed by atoms with Gasteiger partial charge in [-0.05, 0) is 31.4 Å². The molecule has 0 spiro atoms. The predicted molar refractivity (Wildman–Crippen MR) is 94.1 cm³/mol. The minimum atomic E-state index is -4.88. The maximum absolute atomic E-state index is 12.5. The van der Waals surface area contributed by atoms with E-state index in [0.29, 0.717) is 38.2 Å². The van der Waals surface area contributed by atoms with Crippen LogP contribution in [0.15, 0.2) is 29.1 Å². The topological polar surface area (TPSA) is 78.2 Å². The lowest BCUT2D eigenvalue weighted by Gasteiger charge is -2.18. The van der Waals surface area contributed by atoms with Crippen molar-refractivity contribution in [2.24, 2.45) is 0 Å². The van der Waals surface area contributed by atoms with Crippen molar-refractivity contribution in [1.82, 2.24) is 19.7 Å². The lowest BCUT2D eigenvalue weighted by Crippen LogP contribution is -2.36. The van der Waals surface area contributed by atoms with E-state index >= 15 is 0 Å². The second-order valence-electron chi connectivity index (χ2n) is 6.62. The van der Waals surface area contributed by atoms with Crippen LogP contribution in [0.5, 0.6) is 5.75 Å². The number of benzene rings is 1. The highest BCUT2D eigenvalue weighted by atomic mass is 19.4. The van der Waals surface area contributed by atoms with Gasteiger partial charge in [-0.2, -0.15) is 5.10 Å². The summed E-state index contributed by atoms with van der Waals surface area (Å²) in [5, 5.41) is 7.08. The zero-order chi connectivity index (χ0) is 20.3. The van der Waals surface area contributed by atoms with E-state index in [9.17, 15) is 22.8 Å². The fourth-order valence-electron chi connectivity index (χ4n) is 3.26. The molecule has 1 aliphatic heterocycles. The summed E-state index contributed by atoms with van der Waals surface area (Å²) in [7, 11) is 0. The third kappa shape index (κ3) is 4.55. The number of hydrogen-bond donors (Lipinski definition) is 1. The Labute approximate surface area is 159 Å². The average molecular weight is 398 g/mol. The number of rotatable bonds is 5. The molecule has 1 aromatic heterocycles. The first kappa shape index (κ1) is 20.0. The first-order valence-electron chi connectivity index (χ1n) is 9.10. The van der Waals surface area contributed by atoms with E-state index in [1.165, 1.54) is 22.9 Å². The van der Waals surface area contributed by atoms with Crippen LogP contribution in [0.3, 0.4) is 0 Å². The molecule has 0 aliphatic carbocycles. The van der Waals surface area contributed by atoms with E-state index in [1.54, 1.807) is 4.57 Å². The van der Waals surface area contributed by atoms with Gasteiger partial charge in [-0.15, -0.1) is 13.2 Å². The SMILES string of the molecule is CCCn1nc2n(c1=O)CCC(NC(=O)c1ccccc1OC(F)(F)F)CC2. The molecule has 0 saturated heterocycles. The molecule has 3 rings (SSSR count). The number of aryl methyl sites for hydroxylation is 2. The minimum Gasteiger partial charge on any atom is -0.405 e. The van der Waals surface area contributed by atoms with Crippen molar-refractivity contribution in [2.75, 3.05) is 0 Å². The van der Waals surface area contributed by atoms with Crippen LogP contribution in [0.1, 0.15) is 42.4 Å². The number of carbonyl (C=O) groups excluding carboxylic acids is 1. The van der Waals surface area contributed by atoms with Gasteiger partial charge >= 0.3 is 12.1 Å². The number of alkyl halides is 3. The molecule has 1 aromatic carbocycles. The molecule has 1 unspecified atom stereocenters. The van der Waals surface area contributed by atoms with E-state index in [0.717, 1.165) is 12.5 Å². The molecule has 28 heavy (non-hydrogen) atoms. The summed E-state index contributed by atoms with van der Waals surface area (Å²) in [5.74, 6) is -0.528. The van der Waals surface area contributed by atoms with Gasteiger partial charge in [-0.1, -0.05) is 19.1 Å². The number of aromatic nitrogens is 3. The number of ether oxygens (including phenoxy) is 1. The van der Waals surface area contributed by atoms with Crippen LogP contribution in [-0.2, 0) is 19.5 Å². The van der Waals surface area contributed by atoms with Gasteiger partial charge in [-0.25, -0.2) is 9.48 Å². The van der Waals surface area contributed by atoms with Gasteiger partial charge in [0.2, 0.25) is 0 Å². The molecule has 0 fully saturated rings. The first-order chi connectivity index (χ1) is 13.3. The molecule has 1 N–H and O–H groups in total. The third-order valence-electron chi connectivity index (χ3n) is 4.54. The molecule has 1 amide bonds. The molecule has 152 valence electrons. The highest BCUT2D eigenvalue weighted by Gasteiger charge is 2.33. The van der Waals surface area contributed by atoms with Crippen molar-refractivity contribution >= 4 is 5.91 Å². The van der Waals surface area contributed by atoms with Crippen molar-refractivity contribution in [1.29, 1.82) is 0 Å². The fraction of sp³-hybridized carbons (Fsp3) is 0.500. The highest BCUT2D eigenvalue weighted by Crippen LogP contribution is 2.26. The van der Waals surface area contributed by atoms with Crippen molar-refractivity contribution < 1.29 is 22.7 Å². The normalized spacial score (nSPS) is 16.9. The Balaban J connectivity index is 1.69. The lowest BCUT2D eigenvalue weighted by atomic mass is 10.1. The van der Waals surface area contributed by atoms with E-state index in [2.05, 4.69) is 15.2 Å². The Morgan fingerprint density at radius 1 is 1.32 bits per heavy atom. The molecule has 0 saturated carbocycles. The van der Waals surface area contributed by atoms with Crippen molar-refractivity contribution in [3.63, 3.8) is 0 Å². The molecule has 1 aliphatic rings. The van der Waals surface area contributed by atoms with Gasteiger partial charge in [0.25, 0.3) is 5.91 Å². The number of fused-ring (bicyclic) bond motifs is 1. The molecule has 2 aromatic rings. The number of nitrogens with one attached hydrogen (secondary N) is 1. The smallest absolute Gasteiger partial charge is 0.405 e. The van der Waals surface area contributed by atoms with Gasteiger partial charge < -0.3 is 10.1 Å². The average Bonchev–Trinajstić information content (AvgIpc) is 2.79. The van der Waals surface area contributed by atoms with E-state index < -0.39 is 18.0 Å². The van der Waals surface area contributed by atoms with Crippen LogP contribution in [0.2, 0.25) is 0 Å². The van der Waals surface area contributed by atoms with Crippen LogP contribution in [0.25, 0.3) is 0 Å². The molecular weight excluding hydrogens is 377 g/mol. The Morgan fingerprint density at radius 3 is 2.79 bits per heavy atom. The summed E-state index contributed by atoms with van der Waals surface area (Å²) < 4.78 is 44.6. The monoisotopic (exact) mass is 398 g/mol. The van der Waals surface area contributed by atoms with Crippen molar-refractivity contribution in [3.05, 3.63) is 46.1 Å². The van der Waals surface area contributed by atoms with Crippen LogP contribution in [-0.4, -0.2) is 32.7 Å². The van der Waals surface area contributed by atoms with Crippen LogP contribution in [0, 0.1) is 0 Å². The van der Waals surface area contributed by atoms with Gasteiger partial charge in [0.05, 0.1) is 5.56 Å². The molecule has 2 heterocycles. The Morgan fingerprint density at radius 2 is 2.07 bits per heavy atom. The number of hydrogen-bond acceptors (Lipinski definition) is 4. The summed E-state index contributed by atoms with van der Waals surface area (Å²) in [4.78, 5) is 24.8. The molecular formula is C18H21F3N4O3.